The van der Waals surface area contributed by atoms with Gasteiger partial charge in [-0.1, -0.05) is 0 Å². The molecular formula is C25H26N2O7. The predicted molar refractivity (Wildman–Crippen MR) is 128 cm³/mol. The molecule has 0 spiro atoms. The molecule has 0 aromatic heterocycles. The number of nitrogens with one attached hydrogen (secondary N) is 2. The van der Waals surface area contributed by atoms with Crippen LogP contribution in [0.25, 0.3) is 0 Å². The van der Waals surface area contributed by atoms with Crippen molar-refractivity contribution in [3.63, 3.8) is 0 Å². The largest absolute Gasteiger partial charge is 0.497 e. The lowest BCUT2D eigenvalue weighted by Crippen LogP contribution is -2.17. The molecule has 3 rings (SSSR count). The van der Waals surface area contributed by atoms with Gasteiger partial charge in [-0.2, -0.15) is 0 Å². The normalized spacial score (nSPS) is 10.1. The summed E-state index contributed by atoms with van der Waals surface area (Å²) in [5, 5.41) is 5.57. The Balaban J connectivity index is 1.90. The average Bonchev–Trinajstić information content (AvgIpc) is 2.87. The second-order valence-corrected chi connectivity index (χ2v) is 6.96. The molecule has 3 aromatic rings. The number of hydrogen-bond donors (Lipinski definition) is 2. The minimum absolute atomic E-state index is 0.164. The lowest BCUT2D eigenvalue weighted by Gasteiger charge is -2.15. The number of ether oxygens (including phenoxy) is 5. The van der Waals surface area contributed by atoms with Crippen molar-refractivity contribution < 1.29 is 33.3 Å². The predicted octanol–water partition coefficient (Wildman–Crippen LogP) is 4.23. The van der Waals surface area contributed by atoms with Crippen molar-refractivity contribution in [1.29, 1.82) is 0 Å². The molecular weight excluding hydrogens is 440 g/mol. The van der Waals surface area contributed by atoms with E-state index in [9.17, 15) is 9.59 Å². The van der Waals surface area contributed by atoms with E-state index in [1.165, 1.54) is 41.6 Å². The molecule has 0 radical (unpaired) electrons. The first kappa shape index (κ1) is 24.2. The lowest BCUT2D eigenvalue weighted by molar-refractivity contribution is 0.102. The van der Waals surface area contributed by atoms with E-state index in [2.05, 4.69) is 10.6 Å². The van der Waals surface area contributed by atoms with Gasteiger partial charge in [0.25, 0.3) is 11.8 Å². The fourth-order valence-corrected chi connectivity index (χ4v) is 3.23. The van der Waals surface area contributed by atoms with Crippen LogP contribution in [0.1, 0.15) is 20.7 Å². The van der Waals surface area contributed by atoms with Gasteiger partial charge in [0.05, 0.1) is 52.5 Å². The molecule has 3 aromatic carbocycles. The van der Waals surface area contributed by atoms with Crippen molar-refractivity contribution in [2.24, 2.45) is 0 Å². The summed E-state index contributed by atoms with van der Waals surface area (Å²) in [4.78, 5) is 26.1. The number of hydrogen-bond acceptors (Lipinski definition) is 7. The maximum Gasteiger partial charge on any atom is 0.259 e. The Morgan fingerprint density at radius 3 is 1.50 bits per heavy atom. The molecule has 178 valence electrons. The fourth-order valence-electron chi connectivity index (χ4n) is 3.23. The van der Waals surface area contributed by atoms with Gasteiger partial charge in [0, 0.05) is 17.7 Å². The number of anilines is 2. The molecule has 0 saturated carbocycles. The van der Waals surface area contributed by atoms with Crippen molar-refractivity contribution in [3.8, 4) is 28.7 Å². The van der Waals surface area contributed by atoms with Gasteiger partial charge >= 0.3 is 0 Å². The van der Waals surface area contributed by atoms with Crippen LogP contribution in [0.4, 0.5) is 11.4 Å². The van der Waals surface area contributed by atoms with Gasteiger partial charge in [-0.3, -0.25) is 9.59 Å². The Kier molecular flexibility index (Phi) is 7.81. The molecule has 2 amide bonds. The second-order valence-electron chi connectivity index (χ2n) is 6.96. The van der Waals surface area contributed by atoms with E-state index in [-0.39, 0.29) is 11.1 Å². The molecule has 0 fully saturated rings. The summed E-state index contributed by atoms with van der Waals surface area (Å²) >= 11 is 0. The van der Waals surface area contributed by atoms with Crippen molar-refractivity contribution in [3.05, 3.63) is 65.7 Å². The van der Waals surface area contributed by atoms with Crippen LogP contribution in [0.5, 0.6) is 28.7 Å². The topological polar surface area (TPSA) is 104 Å². The first-order valence-electron chi connectivity index (χ1n) is 10.2. The zero-order chi connectivity index (χ0) is 24.7. The zero-order valence-corrected chi connectivity index (χ0v) is 19.6. The van der Waals surface area contributed by atoms with Crippen LogP contribution in [-0.4, -0.2) is 47.4 Å². The van der Waals surface area contributed by atoms with E-state index >= 15 is 0 Å². The lowest BCUT2D eigenvalue weighted by atomic mass is 10.1. The Hall–Kier alpha value is -4.40. The maximum absolute atomic E-state index is 13.1. The first-order valence-corrected chi connectivity index (χ1v) is 10.2. The smallest absolute Gasteiger partial charge is 0.259 e. The molecule has 0 bridgehead atoms. The van der Waals surface area contributed by atoms with Crippen LogP contribution in [0.2, 0.25) is 0 Å². The Morgan fingerprint density at radius 1 is 0.559 bits per heavy atom. The van der Waals surface area contributed by atoms with Crippen molar-refractivity contribution in [2.45, 2.75) is 0 Å². The van der Waals surface area contributed by atoms with Crippen molar-refractivity contribution >= 4 is 23.2 Å². The quantitative estimate of drug-likeness (QED) is 0.486. The molecule has 0 heterocycles. The summed E-state index contributed by atoms with van der Waals surface area (Å²) in [6, 6.07) is 14.6. The number of carbonyl (C=O) groups is 2. The molecule has 0 saturated heterocycles. The highest BCUT2D eigenvalue weighted by Crippen LogP contribution is 2.32. The number of benzene rings is 3. The van der Waals surface area contributed by atoms with Crippen LogP contribution >= 0.6 is 0 Å². The van der Waals surface area contributed by atoms with Crippen LogP contribution in [0.3, 0.4) is 0 Å². The Bertz CT molecular complexity index is 1190. The van der Waals surface area contributed by atoms with Crippen molar-refractivity contribution in [2.75, 3.05) is 46.2 Å². The minimum atomic E-state index is -0.489. The molecule has 0 aliphatic carbocycles. The summed E-state index contributed by atoms with van der Waals surface area (Å²) < 4.78 is 26.4. The van der Waals surface area contributed by atoms with Crippen LogP contribution in [0.15, 0.2) is 54.6 Å². The number of rotatable bonds is 9. The molecule has 9 heteroatoms. The van der Waals surface area contributed by atoms with Gasteiger partial charge in [0.1, 0.15) is 28.7 Å². The van der Waals surface area contributed by atoms with E-state index in [0.29, 0.717) is 40.1 Å². The summed E-state index contributed by atoms with van der Waals surface area (Å²) in [7, 11) is 7.49. The third-order valence-electron chi connectivity index (χ3n) is 5.02. The molecule has 34 heavy (non-hydrogen) atoms. The second kappa shape index (κ2) is 11.0. The molecule has 2 N–H and O–H groups in total. The summed E-state index contributed by atoms with van der Waals surface area (Å²) in [6.45, 7) is 0. The van der Waals surface area contributed by atoms with Gasteiger partial charge in [-0.05, 0) is 42.5 Å². The average molecular weight is 466 g/mol. The summed E-state index contributed by atoms with van der Waals surface area (Å²) in [5.41, 5.74) is 1.24. The van der Waals surface area contributed by atoms with Crippen LogP contribution < -0.4 is 34.3 Å². The monoisotopic (exact) mass is 466 g/mol. The van der Waals surface area contributed by atoms with E-state index in [1.54, 1.807) is 48.5 Å². The number of carbonyl (C=O) groups excluding carboxylic acids is 2. The third-order valence-corrected chi connectivity index (χ3v) is 5.02. The number of amides is 2. The van der Waals surface area contributed by atoms with E-state index in [4.69, 9.17) is 23.7 Å². The highest BCUT2D eigenvalue weighted by Gasteiger charge is 2.19. The maximum atomic E-state index is 13.1. The minimum Gasteiger partial charge on any atom is -0.497 e. The van der Waals surface area contributed by atoms with E-state index in [1.807, 2.05) is 0 Å². The first-order chi connectivity index (χ1) is 16.4. The van der Waals surface area contributed by atoms with Gasteiger partial charge in [-0.25, -0.2) is 0 Å². The Labute approximate surface area is 197 Å². The van der Waals surface area contributed by atoms with Crippen LogP contribution in [0, 0.1) is 0 Å². The van der Waals surface area contributed by atoms with Gasteiger partial charge in [0.2, 0.25) is 0 Å². The van der Waals surface area contributed by atoms with Gasteiger partial charge in [0.15, 0.2) is 0 Å². The standard InChI is InChI=1S/C25H26N2O7/c1-30-16-7-10-22(33-4)19(13-16)26-24(28)15-6-9-21(32-3)18(12-15)25(29)27-20-14-17(31-2)8-11-23(20)34-5/h6-14H,1-5H3,(H,26,28)(H,27,29). The highest BCUT2D eigenvalue weighted by atomic mass is 16.5. The van der Waals surface area contributed by atoms with Gasteiger partial charge in [-0.15, -0.1) is 0 Å². The van der Waals surface area contributed by atoms with Gasteiger partial charge < -0.3 is 34.3 Å². The van der Waals surface area contributed by atoms with E-state index < -0.39 is 11.8 Å². The molecule has 0 aliphatic rings. The molecule has 0 atom stereocenters. The molecule has 9 nitrogen and oxygen atoms in total. The fraction of sp³-hybridized carbons (Fsp3) is 0.200. The third kappa shape index (κ3) is 5.32. The highest BCUT2D eigenvalue weighted by molar-refractivity contribution is 6.10. The Morgan fingerprint density at radius 2 is 1.03 bits per heavy atom. The zero-order valence-electron chi connectivity index (χ0n) is 19.6. The SMILES string of the molecule is COc1ccc(OC)c(NC(=O)c2ccc(OC)c(C(=O)Nc3cc(OC)ccc3OC)c2)c1. The van der Waals surface area contributed by atoms with E-state index in [0.717, 1.165) is 0 Å². The molecule has 0 aliphatic heterocycles. The summed E-state index contributed by atoms with van der Waals surface area (Å²) in [5.74, 6) is 1.38. The van der Waals surface area contributed by atoms with Crippen LogP contribution in [-0.2, 0) is 0 Å². The summed E-state index contributed by atoms with van der Waals surface area (Å²) in [6.07, 6.45) is 0. The van der Waals surface area contributed by atoms with Crippen molar-refractivity contribution in [1.82, 2.24) is 0 Å². The molecule has 0 unspecified atom stereocenters. The number of methoxy groups -OCH3 is 5.